The first-order valence-electron chi connectivity index (χ1n) is 14.2. The first-order chi connectivity index (χ1) is 20.5. The Labute approximate surface area is 261 Å². The number of aromatic nitrogens is 4. The van der Waals surface area contributed by atoms with Crippen LogP contribution in [0.5, 0.6) is 11.5 Å². The zero-order valence-electron chi connectivity index (χ0n) is 24.5. The molecular formula is C36H28N4OPt. The number of nitrogens with zero attached hydrogens (tertiary/aromatic N) is 4. The summed E-state index contributed by atoms with van der Waals surface area (Å²) in [6.07, 6.45) is 2.61. The second-order valence-electron chi connectivity index (χ2n) is 10.1. The summed E-state index contributed by atoms with van der Waals surface area (Å²) in [5, 5.41) is 7.01. The topological polar surface area (TPSA) is 44.9 Å². The van der Waals surface area contributed by atoms with Crippen LogP contribution in [0.4, 0.5) is 0 Å². The van der Waals surface area contributed by atoms with Gasteiger partial charge < -0.3 is 9.30 Å². The fraction of sp³-hybridized carbons (Fsp3) is 0.111. The van der Waals surface area contributed by atoms with Gasteiger partial charge in [-0.2, -0.15) is 17.2 Å². The van der Waals surface area contributed by atoms with Crippen LogP contribution in [0.25, 0.3) is 44.4 Å². The summed E-state index contributed by atoms with van der Waals surface area (Å²) in [7, 11) is 0. The molecule has 0 atom stereocenters. The van der Waals surface area contributed by atoms with Crippen LogP contribution in [-0.4, -0.2) is 19.3 Å². The van der Waals surface area contributed by atoms with E-state index in [9.17, 15) is 0 Å². The Bertz CT molecular complexity index is 2100. The first kappa shape index (κ1) is 26.4. The summed E-state index contributed by atoms with van der Waals surface area (Å²) in [6.45, 7) is 6.26. The zero-order valence-corrected chi connectivity index (χ0v) is 25.7. The van der Waals surface area contributed by atoms with Crippen LogP contribution in [0.2, 0.25) is 0 Å². The number of ether oxygens (including phenoxy) is 1. The summed E-state index contributed by atoms with van der Waals surface area (Å²) < 4.78 is 18.5. The molecule has 42 heavy (non-hydrogen) atoms. The van der Waals surface area contributed by atoms with Gasteiger partial charge in [-0.25, -0.2) is 4.98 Å². The van der Waals surface area contributed by atoms with Crippen LogP contribution in [0.3, 0.4) is 0 Å². The predicted octanol–water partition coefficient (Wildman–Crippen LogP) is 8.60. The van der Waals surface area contributed by atoms with Gasteiger partial charge in [0.2, 0.25) is 0 Å². The summed E-state index contributed by atoms with van der Waals surface area (Å²) in [5.41, 5.74) is 8.18. The third-order valence-corrected chi connectivity index (χ3v) is 7.50. The second-order valence-corrected chi connectivity index (χ2v) is 10.1. The van der Waals surface area contributed by atoms with E-state index in [4.69, 9.17) is 11.2 Å². The van der Waals surface area contributed by atoms with Crippen molar-refractivity contribution in [1.29, 1.82) is 0 Å². The van der Waals surface area contributed by atoms with E-state index in [1.165, 1.54) is 5.56 Å². The average molecular weight is 729 g/mol. The number of aryl methyl sites for hydroxylation is 2. The van der Waals surface area contributed by atoms with E-state index < -0.39 is 0 Å². The van der Waals surface area contributed by atoms with E-state index in [0.717, 1.165) is 56.4 Å². The second kappa shape index (κ2) is 11.4. The molecule has 0 saturated heterocycles. The normalized spacial score (nSPS) is 11.5. The predicted molar refractivity (Wildman–Crippen MR) is 164 cm³/mol. The monoisotopic (exact) mass is 728 g/mol. The molecule has 7 aromatic rings. The van der Waals surface area contributed by atoms with Gasteiger partial charge in [-0.3, -0.25) is 4.68 Å². The summed E-state index contributed by atoms with van der Waals surface area (Å²) in [6, 6.07) is 37.4. The molecule has 0 fully saturated rings. The van der Waals surface area contributed by atoms with E-state index in [-0.39, 0.29) is 21.1 Å². The molecular weight excluding hydrogens is 700 g/mol. The number of fused-ring (bicyclic) bond motifs is 3. The fourth-order valence-corrected chi connectivity index (χ4v) is 5.57. The summed E-state index contributed by atoms with van der Waals surface area (Å²) >= 11 is 0. The van der Waals surface area contributed by atoms with Crippen molar-refractivity contribution in [3.8, 4) is 34.1 Å². The molecule has 4 aromatic carbocycles. The third kappa shape index (κ3) is 4.84. The van der Waals surface area contributed by atoms with Gasteiger partial charge in [0.1, 0.15) is 5.82 Å². The van der Waals surface area contributed by atoms with Crippen LogP contribution in [0.15, 0.2) is 103 Å². The molecule has 3 aromatic heterocycles. The summed E-state index contributed by atoms with van der Waals surface area (Å²) in [4.78, 5) is 4.59. The van der Waals surface area contributed by atoms with E-state index in [1.807, 2.05) is 54.1 Å². The van der Waals surface area contributed by atoms with Crippen LogP contribution in [0.1, 0.15) is 25.2 Å². The number of hydrogen-bond donors (Lipinski definition) is 0. The molecule has 0 spiro atoms. The van der Waals surface area contributed by atoms with Crippen molar-refractivity contribution < 1.29 is 27.2 Å². The standard InChI is InChI=1S/C36H28N4O.Pt/c1-4-26-16-19-33-32(21-26)31-18-17-30(23-34(31)39(33)35-15-8-9-20-37-35)41-29-14-10-13-28(22-29)40-25(3)36(24(2)38-40)27-11-6-5-7-12-27;/h5-21H,4H2,1-3H3;/q-2;+2/i8D;. The molecule has 0 saturated carbocycles. The van der Waals surface area contributed by atoms with Crippen LogP contribution in [0, 0.1) is 26.0 Å². The van der Waals surface area contributed by atoms with Gasteiger partial charge in [-0.15, -0.1) is 35.7 Å². The van der Waals surface area contributed by atoms with E-state index in [1.54, 1.807) is 18.3 Å². The Hall–Kier alpha value is -4.47. The minimum absolute atomic E-state index is 0. The van der Waals surface area contributed by atoms with Crippen molar-refractivity contribution in [3.05, 3.63) is 132 Å². The molecule has 208 valence electrons. The average Bonchev–Trinajstić information content (AvgIpc) is 3.49. The van der Waals surface area contributed by atoms with Crippen molar-refractivity contribution in [2.45, 2.75) is 27.2 Å². The van der Waals surface area contributed by atoms with Crippen LogP contribution >= 0.6 is 0 Å². The van der Waals surface area contributed by atoms with Gasteiger partial charge in [-0.05, 0) is 60.7 Å². The Balaban J connectivity index is 0.00000329. The molecule has 3 heterocycles. The number of rotatable bonds is 6. The van der Waals surface area contributed by atoms with E-state index in [2.05, 4.69) is 71.9 Å². The van der Waals surface area contributed by atoms with Crippen molar-refractivity contribution in [3.63, 3.8) is 0 Å². The molecule has 0 aliphatic carbocycles. The molecule has 0 bridgehead atoms. The molecule has 0 unspecified atom stereocenters. The Morgan fingerprint density at radius 3 is 2.50 bits per heavy atom. The SMILES string of the molecule is [2H]c1ccnc(-n2c3[c-]c(Oc4[c-]c(-n5nc(C)c(-c6ccccc6)c5C)ccc4)ccc3c3cc(CC)ccc32)c1.[Pt+2]. The van der Waals surface area contributed by atoms with Gasteiger partial charge in [0, 0.05) is 34.5 Å². The minimum Gasteiger partial charge on any atom is -0.509 e. The number of hydrogen-bond acceptors (Lipinski definition) is 3. The largest absolute Gasteiger partial charge is 2.00 e. The third-order valence-electron chi connectivity index (χ3n) is 7.50. The minimum atomic E-state index is 0. The molecule has 0 amide bonds. The Morgan fingerprint density at radius 2 is 1.69 bits per heavy atom. The van der Waals surface area contributed by atoms with Gasteiger partial charge in [-0.1, -0.05) is 60.9 Å². The molecule has 5 nitrogen and oxygen atoms in total. The maximum Gasteiger partial charge on any atom is 2.00 e. The maximum absolute atomic E-state index is 8.18. The molecule has 7 rings (SSSR count). The molecule has 0 aliphatic heterocycles. The van der Waals surface area contributed by atoms with Gasteiger partial charge >= 0.3 is 21.1 Å². The van der Waals surface area contributed by atoms with Crippen molar-refractivity contribution >= 4 is 21.8 Å². The van der Waals surface area contributed by atoms with Crippen molar-refractivity contribution in [2.75, 3.05) is 0 Å². The van der Waals surface area contributed by atoms with Crippen LogP contribution < -0.4 is 4.74 Å². The smallest absolute Gasteiger partial charge is 0.509 e. The molecule has 0 radical (unpaired) electrons. The maximum atomic E-state index is 8.18. The van der Waals surface area contributed by atoms with Crippen molar-refractivity contribution in [1.82, 2.24) is 19.3 Å². The summed E-state index contributed by atoms with van der Waals surface area (Å²) in [5.74, 6) is 1.81. The Morgan fingerprint density at radius 1 is 0.857 bits per heavy atom. The van der Waals surface area contributed by atoms with E-state index in [0.29, 0.717) is 23.4 Å². The van der Waals surface area contributed by atoms with Gasteiger partial charge in [0.05, 0.1) is 7.06 Å². The number of pyridine rings is 1. The van der Waals surface area contributed by atoms with Gasteiger partial charge in [0.25, 0.3) is 0 Å². The first-order valence-corrected chi connectivity index (χ1v) is 13.7. The fourth-order valence-electron chi connectivity index (χ4n) is 5.57. The Kier molecular flexibility index (Phi) is 7.19. The molecule has 0 aliphatic rings. The van der Waals surface area contributed by atoms with E-state index >= 15 is 0 Å². The quantitative estimate of drug-likeness (QED) is 0.161. The van der Waals surface area contributed by atoms with Crippen LogP contribution in [-0.2, 0) is 27.5 Å². The van der Waals surface area contributed by atoms with Gasteiger partial charge in [0.15, 0.2) is 0 Å². The zero-order chi connectivity index (χ0) is 28.8. The number of benzene rings is 4. The van der Waals surface area contributed by atoms with Crippen molar-refractivity contribution in [2.24, 2.45) is 0 Å². The molecule has 6 heteroatoms. The molecule has 0 N–H and O–H groups in total.